The number of halogens is 1. The molecular formula is C18H17ClO3. The van der Waals surface area contributed by atoms with Crippen LogP contribution in [-0.4, -0.2) is 16.0 Å². The maximum absolute atomic E-state index is 12.1. The van der Waals surface area contributed by atoms with Gasteiger partial charge in [0.2, 0.25) is 0 Å². The first-order chi connectivity index (χ1) is 10.4. The second-order valence-corrected chi connectivity index (χ2v) is 5.75. The van der Waals surface area contributed by atoms with Crippen molar-refractivity contribution in [2.75, 3.05) is 0 Å². The van der Waals surface area contributed by atoms with Gasteiger partial charge in [0.15, 0.2) is 17.3 Å². The number of carbonyl (C=O) groups is 1. The summed E-state index contributed by atoms with van der Waals surface area (Å²) in [6.07, 6.45) is 2.95. The standard InChI is InChI=1S/C18H17ClO3/c1-11(2)13-4-6-14(7-5-13)16(20)8-3-12-9-15(19)18(22)17(21)10-12/h3-11,21-22H,1-2H3/b8-3+. The molecule has 0 amide bonds. The van der Waals surface area contributed by atoms with Crippen LogP contribution >= 0.6 is 11.6 Å². The van der Waals surface area contributed by atoms with Crippen LogP contribution in [0.25, 0.3) is 6.08 Å². The third-order valence-electron chi connectivity index (χ3n) is 3.35. The average molecular weight is 317 g/mol. The van der Waals surface area contributed by atoms with Gasteiger partial charge in [-0.25, -0.2) is 0 Å². The number of phenolic OH excluding ortho intramolecular Hbond substituents is 2. The largest absolute Gasteiger partial charge is 0.504 e. The maximum Gasteiger partial charge on any atom is 0.185 e. The molecule has 0 saturated carbocycles. The molecule has 0 heterocycles. The quantitative estimate of drug-likeness (QED) is 0.485. The summed E-state index contributed by atoms with van der Waals surface area (Å²) in [5.74, 6) is -0.406. The van der Waals surface area contributed by atoms with Crippen molar-refractivity contribution in [3.63, 3.8) is 0 Å². The molecule has 3 nitrogen and oxygen atoms in total. The minimum atomic E-state index is -0.366. The van der Waals surface area contributed by atoms with Gasteiger partial charge in [-0.2, -0.15) is 0 Å². The SMILES string of the molecule is CC(C)c1ccc(C(=O)/C=C/c2cc(O)c(O)c(Cl)c2)cc1. The van der Waals surface area contributed by atoms with Gasteiger partial charge in [-0.05, 0) is 35.3 Å². The predicted octanol–water partition coefficient (Wildman–Crippen LogP) is 4.77. The Morgan fingerprint density at radius 2 is 1.77 bits per heavy atom. The number of hydrogen-bond acceptors (Lipinski definition) is 3. The summed E-state index contributed by atoms with van der Waals surface area (Å²) in [5, 5.41) is 18.9. The molecule has 2 rings (SSSR count). The lowest BCUT2D eigenvalue weighted by Gasteiger charge is -2.05. The van der Waals surface area contributed by atoms with E-state index in [-0.39, 0.29) is 22.3 Å². The van der Waals surface area contributed by atoms with Crippen molar-refractivity contribution in [3.8, 4) is 11.5 Å². The van der Waals surface area contributed by atoms with E-state index in [1.165, 1.54) is 23.8 Å². The van der Waals surface area contributed by atoms with Gasteiger partial charge in [-0.1, -0.05) is 55.8 Å². The fourth-order valence-electron chi connectivity index (χ4n) is 2.00. The number of rotatable bonds is 4. The Balaban J connectivity index is 2.17. The topological polar surface area (TPSA) is 57.5 Å². The summed E-state index contributed by atoms with van der Waals surface area (Å²) in [4.78, 5) is 12.1. The first kappa shape index (κ1) is 16.1. The van der Waals surface area contributed by atoms with Crippen LogP contribution in [0.3, 0.4) is 0 Å². The minimum absolute atomic E-state index is 0.0355. The molecule has 2 aromatic rings. The van der Waals surface area contributed by atoms with Crippen molar-refractivity contribution in [2.24, 2.45) is 0 Å². The lowest BCUT2D eigenvalue weighted by atomic mass is 10.0. The molecule has 0 saturated heterocycles. The van der Waals surface area contributed by atoms with Crippen LogP contribution in [0.5, 0.6) is 11.5 Å². The van der Waals surface area contributed by atoms with Gasteiger partial charge in [0, 0.05) is 5.56 Å². The van der Waals surface area contributed by atoms with E-state index >= 15 is 0 Å². The lowest BCUT2D eigenvalue weighted by Crippen LogP contribution is -1.95. The third kappa shape index (κ3) is 3.68. The average Bonchev–Trinajstić information content (AvgIpc) is 2.50. The Labute approximate surface area is 134 Å². The Morgan fingerprint density at radius 1 is 1.14 bits per heavy atom. The van der Waals surface area contributed by atoms with E-state index < -0.39 is 0 Å². The second kappa shape index (κ2) is 6.67. The van der Waals surface area contributed by atoms with Gasteiger partial charge < -0.3 is 10.2 Å². The monoisotopic (exact) mass is 316 g/mol. The molecule has 0 aliphatic carbocycles. The molecule has 0 aromatic heterocycles. The van der Waals surface area contributed by atoms with Crippen molar-refractivity contribution in [2.45, 2.75) is 19.8 Å². The summed E-state index contributed by atoms with van der Waals surface area (Å²) in [5.41, 5.74) is 2.30. The lowest BCUT2D eigenvalue weighted by molar-refractivity contribution is 0.104. The molecule has 0 fully saturated rings. The zero-order chi connectivity index (χ0) is 16.3. The maximum atomic E-state index is 12.1. The fraction of sp³-hybridized carbons (Fsp3) is 0.167. The zero-order valence-electron chi connectivity index (χ0n) is 12.4. The van der Waals surface area contributed by atoms with Gasteiger partial charge in [-0.15, -0.1) is 0 Å². The fourth-order valence-corrected chi connectivity index (χ4v) is 2.22. The number of hydrogen-bond donors (Lipinski definition) is 2. The molecule has 22 heavy (non-hydrogen) atoms. The molecule has 2 N–H and O–H groups in total. The van der Waals surface area contributed by atoms with Crippen LogP contribution in [0.15, 0.2) is 42.5 Å². The highest BCUT2D eigenvalue weighted by Gasteiger charge is 2.07. The molecule has 0 aliphatic heterocycles. The third-order valence-corrected chi connectivity index (χ3v) is 3.64. The van der Waals surface area contributed by atoms with Crippen LogP contribution in [0.1, 0.15) is 41.3 Å². The number of aromatic hydroxyl groups is 2. The molecule has 0 radical (unpaired) electrons. The number of ketones is 1. The summed E-state index contributed by atoms with van der Waals surface area (Å²) < 4.78 is 0. The van der Waals surface area contributed by atoms with Crippen LogP contribution in [0, 0.1) is 0 Å². The first-order valence-electron chi connectivity index (χ1n) is 6.92. The second-order valence-electron chi connectivity index (χ2n) is 5.34. The molecular weight excluding hydrogens is 300 g/mol. The summed E-state index contributed by atoms with van der Waals surface area (Å²) in [7, 11) is 0. The number of allylic oxidation sites excluding steroid dienone is 1. The van der Waals surface area contributed by atoms with E-state index in [9.17, 15) is 15.0 Å². The predicted molar refractivity (Wildman–Crippen MR) is 88.7 cm³/mol. The van der Waals surface area contributed by atoms with Crippen LogP contribution in [0.4, 0.5) is 0 Å². The summed E-state index contributed by atoms with van der Waals surface area (Å²) in [6.45, 7) is 4.19. The van der Waals surface area contributed by atoms with Gasteiger partial charge in [0.05, 0.1) is 5.02 Å². The Morgan fingerprint density at radius 3 is 2.32 bits per heavy atom. The first-order valence-corrected chi connectivity index (χ1v) is 7.30. The van der Waals surface area contributed by atoms with Gasteiger partial charge in [0.25, 0.3) is 0 Å². The van der Waals surface area contributed by atoms with E-state index in [1.54, 1.807) is 18.2 Å². The van der Waals surface area contributed by atoms with E-state index in [0.717, 1.165) is 0 Å². The van der Waals surface area contributed by atoms with E-state index in [2.05, 4.69) is 13.8 Å². The van der Waals surface area contributed by atoms with E-state index in [1.807, 2.05) is 12.1 Å². The van der Waals surface area contributed by atoms with Crippen molar-refractivity contribution in [3.05, 3.63) is 64.2 Å². The van der Waals surface area contributed by atoms with E-state index in [0.29, 0.717) is 17.0 Å². The minimum Gasteiger partial charge on any atom is -0.504 e. The Bertz CT molecular complexity index is 693. The molecule has 4 heteroatoms. The number of benzene rings is 2. The highest BCUT2D eigenvalue weighted by Crippen LogP contribution is 2.34. The normalized spacial score (nSPS) is 11.3. The van der Waals surface area contributed by atoms with Gasteiger partial charge >= 0.3 is 0 Å². The van der Waals surface area contributed by atoms with Gasteiger partial charge in [0.1, 0.15) is 0 Å². The number of carbonyl (C=O) groups excluding carboxylic acids is 1. The molecule has 0 atom stereocenters. The van der Waals surface area contributed by atoms with Crippen LogP contribution in [0.2, 0.25) is 5.02 Å². The summed E-state index contributed by atoms with van der Waals surface area (Å²) in [6, 6.07) is 10.3. The molecule has 0 spiro atoms. The zero-order valence-corrected chi connectivity index (χ0v) is 13.1. The molecule has 2 aromatic carbocycles. The van der Waals surface area contributed by atoms with Crippen LogP contribution in [-0.2, 0) is 0 Å². The molecule has 0 aliphatic rings. The summed E-state index contributed by atoms with van der Waals surface area (Å²) >= 11 is 5.77. The Kier molecular flexibility index (Phi) is 4.88. The van der Waals surface area contributed by atoms with Crippen molar-refractivity contribution in [1.29, 1.82) is 0 Å². The highest BCUT2D eigenvalue weighted by atomic mass is 35.5. The highest BCUT2D eigenvalue weighted by molar-refractivity contribution is 6.32. The van der Waals surface area contributed by atoms with Crippen molar-refractivity contribution in [1.82, 2.24) is 0 Å². The van der Waals surface area contributed by atoms with E-state index in [4.69, 9.17) is 11.6 Å². The molecule has 114 valence electrons. The van der Waals surface area contributed by atoms with Gasteiger partial charge in [-0.3, -0.25) is 4.79 Å². The number of phenols is 2. The van der Waals surface area contributed by atoms with Crippen molar-refractivity contribution < 1.29 is 15.0 Å². The Hall–Kier alpha value is -2.26. The van der Waals surface area contributed by atoms with Crippen LogP contribution < -0.4 is 0 Å². The smallest absolute Gasteiger partial charge is 0.185 e. The molecule has 0 unspecified atom stereocenters. The van der Waals surface area contributed by atoms with Crippen molar-refractivity contribution >= 4 is 23.5 Å². The molecule has 0 bridgehead atoms.